The van der Waals surface area contributed by atoms with Gasteiger partial charge >= 0.3 is 0 Å². The van der Waals surface area contributed by atoms with Gasteiger partial charge in [0.25, 0.3) is 5.91 Å². The molecule has 0 radical (unpaired) electrons. The first kappa shape index (κ1) is 19.1. The van der Waals surface area contributed by atoms with Gasteiger partial charge in [-0.15, -0.1) is 0 Å². The average Bonchev–Trinajstić information content (AvgIpc) is 2.60. The minimum atomic E-state index is -0.971. The summed E-state index contributed by atoms with van der Waals surface area (Å²) in [7, 11) is 0. The molecule has 3 rings (SSSR count). The third-order valence-corrected chi connectivity index (χ3v) is 5.29. The van der Waals surface area contributed by atoms with E-state index in [0.29, 0.717) is 22.4 Å². The van der Waals surface area contributed by atoms with Crippen molar-refractivity contribution in [2.45, 2.75) is 52.4 Å². The highest BCUT2D eigenvalue weighted by Crippen LogP contribution is 2.40. The zero-order chi connectivity index (χ0) is 19.9. The lowest BCUT2D eigenvalue weighted by Crippen LogP contribution is -2.53. The molecule has 2 N–H and O–H groups in total. The van der Waals surface area contributed by atoms with E-state index in [2.05, 4.69) is 5.32 Å². The number of rotatable bonds is 3. The topological polar surface area (TPSA) is 75.6 Å². The van der Waals surface area contributed by atoms with Gasteiger partial charge in [0.15, 0.2) is 5.78 Å². The van der Waals surface area contributed by atoms with Gasteiger partial charge in [0, 0.05) is 16.7 Å². The van der Waals surface area contributed by atoms with Gasteiger partial charge in [-0.3, -0.25) is 9.59 Å². The normalized spacial score (nSPS) is 20.4. The Hall–Kier alpha value is -2.66. The van der Waals surface area contributed by atoms with E-state index < -0.39 is 17.7 Å². The van der Waals surface area contributed by atoms with Gasteiger partial charge in [0.2, 0.25) is 0 Å². The zero-order valence-corrected chi connectivity index (χ0v) is 16.3. The second-order valence-corrected chi connectivity index (χ2v) is 7.66. The van der Waals surface area contributed by atoms with Crippen LogP contribution in [-0.2, 0) is 0 Å². The molecule has 0 aliphatic carbocycles. The van der Waals surface area contributed by atoms with Crippen LogP contribution in [0.3, 0.4) is 0 Å². The molecule has 0 spiro atoms. The van der Waals surface area contributed by atoms with Crippen LogP contribution in [0.2, 0.25) is 0 Å². The Morgan fingerprint density at radius 2 is 1.85 bits per heavy atom. The van der Waals surface area contributed by atoms with Crippen molar-refractivity contribution in [1.29, 1.82) is 0 Å². The third-order valence-electron chi connectivity index (χ3n) is 5.29. The summed E-state index contributed by atoms with van der Waals surface area (Å²) in [4.78, 5) is 24.7. The zero-order valence-electron chi connectivity index (χ0n) is 16.3. The Morgan fingerprint density at radius 3 is 2.52 bits per heavy atom. The molecule has 1 amide bonds. The largest absolute Gasteiger partial charge is 0.485 e. The van der Waals surface area contributed by atoms with Crippen LogP contribution in [0, 0.1) is 13.8 Å². The predicted molar refractivity (Wildman–Crippen MR) is 103 cm³/mol. The molecule has 5 heteroatoms. The molecule has 2 aromatic rings. The highest BCUT2D eigenvalue weighted by molar-refractivity contribution is 5.97. The number of nitrogens with one attached hydrogen (secondary N) is 1. The second-order valence-electron chi connectivity index (χ2n) is 7.66. The summed E-state index contributed by atoms with van der Waals surface area (Å²) in [5.41, 5.74) is 2.71. The number of aliphatic hydroxyl groups is 1. The summed E-state index contributed by atoms with van der Waals surface area (Å²) in [5, 5.41) is 13.8. The fourth-order valence-corrected chi connectivity index (χ4v) is 3.39. The Labute approximate surface area is 159 Å². The molecule has 0 saturated carbocycles. The van der Waals surface area contributed by atoms with E-state index in [9.17, 15) is 14.7 Å². The Kier molecular flexibility index (Phi) is 4.82. The lowest BCUT2D eigenvalue weighted by Gasteiger charge is -2.42. The number of benzene rings is 2. The van der Waals surface area contributed by atoms with E-state index in [4.69, 9.17) is 4.74 Å². The van der Waals surface area contributed by atoms with Crippen molar-refractivity contribution in [3.05, 3.63) is 64.2 Å². The molecule has 0 bridgehead atoms. The first-order chi connectivity index (χ1) is 12.6. The van der Waals surface area contributed by atoms with Gasteiger partial charge in [0.1, 0.15) is 17.5 Å². The predicted octanol–water partition coefficient (Wildman–Crippen LogP) is 3.51. The van der Waals surface area contributed by atoms with E-state index in [0.717, 1.165) is 11.1 Å². The summed E-state index contributed by atoms with van der Waals surface area (Å²) in [6.07, 6.45) is -0.971. The summed E-state index contributed by atoms with van der Waals surface area (Å²) in [6, 6.07) is 9.97. The number of amides is 1. The quantitative estimate of drug-likeness (QED) is 0.814. The highest BCUT2D eigenvalue weighted by Gasteiger charge is 2.43. The maximum atomic E-state index is 12.9. The van der Waals surface area contributed by atoms with Crippen LogP contribution in [0.1, 0.15) is 64.2 Å². The maximum Gasteiger partial charge on any atom is 0.252 e. The van der Waals surface area contributed by atoms with Crippen LogP contribution in [0.5, 0.6) is 5.75 Å². The molecule has 27 heavy (non-hydrogen) atoms. The second kappa shape index (κ2) is 6.82. The average molecular weight is 367 g/mol. The van der Waals surface area contributed by atoms with Gasteiger partial charge < -0.3 is 15.2 Å². The first-order valence-electron chi connectivity index (χ1n) is 9.01. The smallest absolute Gasteiger partial charge is 0.252 e. The molecule has 142 valence electrons. The van der Waals surface area contributed by atoms with Crippen LogP contribution >= 0.6 is 0 Å². The SMILES string of the molecule is CC(=O)c1ccc2c(c1)[C@@H](NC(=O)c1cccc(C)c1C)[C@H](O)C(C)(C)O2. The molecule has 0 unspecified atom stereocenters. The Bertz CT molecular complexity index is 917. The number of hydrogen-bond acceptors (Lipinski definition) is 4. The van der Waals surface area contributed by atoms with Crippen molar-refractivity contribution in [2.75, 3.05) is 0 Å². The van der Waals surface area contributed by atoms with Crippen LogP contribution in [0.25, 0.3) is 0 Å². The lowest BCUT2D eigenvalue weighted by atomic mass is 9.85. The number of carbonyl (C=O) groups excluding carboxylic acids is 2. The molecule has 0 aromatic heterocycles. The van der Waals surface area contributed by atoms with Crippen LogP contribution in [0.4, 0.5) is 0 Å². The van der Waals surface area contributed by atoms with Gasteiger partial charge in [-0.1, -0.05) is 12.1 Å². The van der Waals surface area contributed by atoms with Crippen molar-refractivity contribution in [3.8, 4) is 5.75 Å². The number of ketones is 1. The van der Waals surface area contributed by atoms with E-state index in [1.54, 1.807) is 38.1 Å². The molecule has 0 saturated heterocycles. The van der Waals surface area contributed by atoms with Crippen LogP contribution in [-0.4, -0.2) is 28.5 Å². The van der Waals surface area contributed by atoms with E-state index in [1.165, 1.54) is 6.92 Å². The number of fused-ring (bicyclic) bond motifs is 1. The van der Waals surface area contributed by atoms with Gasteiger partial charge in [-0.05, 0) is 70.0 Å². The molecule has 1 heterocycles. The number of hydrogen-bond donors (Lipinski definition) is 2. The molecule has 1 aliphatic heterocycles. The lowest BCUT2D eigenvalue weighted by molar-refractivity contribution is -0.0627. The van der Waals surface area contributed by atoms with Crippen molar-refractivity contribution in [1.82, 2.24) is 5.32 Å². The fraction of sp³-hybridized carbons (Fsp3) is 0.364. The fourth-order valence-electron chi connectivity index (χ4n) is 3.39. The van der Waals surface area contributed by atoms with Crippen LogP contribution < -0.4 is 10.1 Å². The van der Waals surface area contributed by atoms with Crippen molar-refractivity contribution in [3.63, 3.8) is 0 Å². The monoisotopic (exact) mass is 367 g/mol. The summed E-state index contributed by atoms with van der Waals surface area (Å²) >= 11 is 0. The minimum Gasteiger partial charge on any atom is -0.485 e. The van der Waals surface area contributed by atoms with Crippen molar-refractivity contribution >= 4 is 11.7 Å². The Balaban J connectivity index is 2.03. The van der Waals surface area contributed by atoms with E-state index >= 15 is 0 Å². The number of carbonyl (C=O) groups is 2. The molecule has 2 aromatic carbocycles. The van der Waals surface area contributed by atoms with Gasteiger partial charge in [0.05, 0.1) is 6.04 Å². The van der Waals surface area contributed by atoms with Crippen LogP contribution in [0.15, 0.2) is 36.4 Å². The molecular weight excluding hydrogens is 342 g/mol. The highest BCUT2D eigenvalue weighted by atomic mass is 16.5. The van der Waals surface area contributed by atoms with Crippen molar-refractivity contribution < 1.29 is 19.4 Å². The third kappa shape index (κ3) is 3.47. The molecule has 2 atom stereocenters. The molecule has 5 nitrogen and oxygen atoms in total. The molecular formula is C22H25NO4. The number of aliphatic hydroxyl groups excluding tert-OH is 1. The van der Waals surface area contributed by atoms with E-state index in [-0.39, 0.29) is 11.7 Å². The first-order valence-corrected chi connectivity index (χ1v) is 9.01. The molecule has 0 fully saturated rings. The number of aryl methyl sites for hydroxylation is 1. The standard InChI is InChI=1S/C22H25NO4/c1-12-7-6-8-16(13(12)2)21(26)23-19-17-11-15(14(3)24)9-10-18(17)27-22(4,5)20(19)25/h6-11,19-20,25H,1-5H3,(H,23,26)/t19-,20+/m1/s1. The summed E-state index contributed by atoms with van der Waals surface area (Å²) < 4.78 is 5.91. The summed E-state index contributed by atoms with van der Waals surface area (Å²) in [5.74, 6) is 0.204. The van der Waals surface area contributed by atoms with E-state index in [1.807, 2.05) is 26.0 Å². The van der Waals surface area contributed by atoms with Crippen molar-refractivity contribution in [2.24, 2.45) is 0 Å². The number of ether oxygens (including phenoxy) is 1. The maximum absolute atomic E-state index is 12.9. The Morgan fingerprint density at radius 1 is 1.15 bits per heavy atom. The summed E-state index contributed by atoms with van der Waals surface area (Å²) in [6.45, 7) is 8.88. The molecule has 1 aliphatic rings. The number of Topliss-reactive ketones (excluding diaryl/α,β-unsaturated/α-hetero) is 1. The van der Waals surface area contributed by atoms with Gasteiger partial charge in [-0.2, -0.15) is 0 Å². The minimum absolute atomic E-state index is 0.0864. The van der Waals surface area contributed by atoms with Gasteiger partial charge in [-0.25, -0.2) is 0 Å².